The van der Waals surface area contributed by atoms with Crippen molar-refractivity contribution in [2.45, 2.75) is 32.3 Å². The molecule has 8 heteroatoms. The van der Waals surface area contributed by atoms with Crippen molar-refractivity contribution in [2.75, 3.05) is 6.54 Å². The minimum Gasteiger partial charge on any atom is -0.390 e. The summed E-state index contributed by atoms with van der Waals surface area (Å²) >= 11 is 0. The Morgan fingerprint density at radius 1 is 0.943 bits per heavy atom. The zero-order chi connectivity index (χ0) is 24.8. The molecule has 0 spiro atoms. The van der Waals surface area contributed by atoms with Gasteiger partial charge in [0.1, 0.15) is 6.10 Å². The molecule has 0 saturated carbocycles. The van der Waals surface area contributed by atoms with Gasteiger partial charge in [-0.05, 0) is 28.3 Å². The first-order chi connectivity index (χ1) is 16.9. The fourth-order valence-corrected chi connectivity index (χ4v) is 3.84. The van der Waals surface area contributed by atoms with Crippen molar-refractivity contribution >= 4 is 17.5 Å². The SMILES string of the molecule is CC(=O)NC[C@H]1CC(c2ccc(-c3ccc(CNC(=O)c4ccccc4C(O)O)cc3)cc2)=NO1. The lowest BCUT2D eigenvalue weighted by atomic mass is 9.99. The molecule has 8 nitrogen and oxygen atoms in total. The first-order valence-electron chi connectivity index (χ1n) is 11.3. The lowest BCUT2D eigenvalue weighted by Crippen LogP contribution is -2.30. The van der Waals surface area contributed by atoms with Crippen LogP contribution in [0.5, 0.6) is 0 Å². The third-order valence-corrected chi connectivity index (χ3v) is 5.75. The summed E-state index contributed by atoms with van der Waals surface area (Å²) < 4.78 is 0. The molecule has 35 heavy (non-hydrogen) atoms. The number of amides is 2. The van der Waals surface area contributed by atoms with E-state index in [4.69, 9.17) is 4.84 Å². The van der Waals surface area contributed by atoms with Crippen molar-refractivity contribution in [2.24, 2.45) is 5.16 Å². The molecule has 2 amide bonds. The third-order valence-electron chi connectivity index (χ3n) is 5.75. The van der Waals surface area contributed by atoms with E-state index >= 15 is 0 Å². The van der Waals surface area contributed by atoms with Crippen LogP contribution in [-0.2, 0) is 16.2 Å². The molecule has 0 bridgehead atoms. The van der Waals surface area contributed by atoms with E-state index in [1.165, 1.54) is 13.0 Å². The first-order valence-corrected chi connectivity index (χ1v) is 11.3. The van der Waals surface area contributed by atoms with Gasteiger partial charge >= 0.3 is 0 Å². The predicted octanol–water partition coefficient (Wildman–Crippen LogP) is 2.90. The quantitative estimate of drug-likeness (QED) is 0.375. The topological polar surface area (TPSA) is 120 Å². The summed E-state index contributed by atoms with van der Waals surface area (Å²) in [4.78, 5) is 29.0. The number of hydrogen-bond donors (Lipinski definition) is 4. The summed E-state index contributed by atoms with van der Waals surface area (Å²) in [5.74, 6) is -0.460. The van der Waals surface area contributed by atoms with Crippen LogP contribution in [0.2, 0.25) is 0 Å². The van der Waals surface area contributed by atoms with E-state index in [1.54, 1.807) is 18.2 Å². The Balaban J connectivity index is 1.34. The highest BCUT2D eigenvalue weighted by Gasteiger charge is 2.22. The van der Waals surface area contributed by atoms with Crippen LogP contribution in [0.4, 0.5) is 0 Å². The van der Waals surface area contributed by atoms with Gasteiger partial charge in [-0.1, -0.05) is 71.9 Å². The summed E-state index contributed by atoms with van der Waals surface area (Å²) in [6.45, 7) is 2.22. The van der Waals surface area contributed by atoms with Crippen molar-refractivity contribution in [3.63, 3.8) is 0 Å². The fraction of sp³-hybridized carbons (Fsp3) is 0.222. The number of aliphatic hydroxyl groups excluding tert-OH is 1. The van der Waals surface area contributed by atoms with Crippen molar-refractivity contribution in [3.8, 4) is 11.1 Å². The lowest BCUT2D eigenvalue weighted by Gasteiger charge is -2.12. The Labute approximate surface area is 203 Å². The van der Waals surface area contributed by atoms with Gasteiger partial charge in [0.2, 0.25) is 5.91 Å². The number of rotatable bonds is 8. The van der Waals surface area contributed by atoms with Gasteiger partial charge < -0.3 is 25.7 Å². The molecule has 180 valence electrons. The molecule has 3 aromatic rings. The molecule has 1 aliphatic rings. The number of nitrogens with zero attached hydrogens (tertiary/aromatic N) is 1. The van der Waals surface area contributed by atoms with Crippen molar-refractivity contribution in [1.29, 1.82) is 0 Å². The Morgan fingerprint density at radius 3 is 2.23 bits per heavy atom. The highest BCUT2D eigenvalue weighted by atomic mass is 16.6. The molecule has 1 atom stereocenters. The Hall–Kier alpha value is -4.01. The van der Waals surface area contributed by atoms with E-state index in [2.05, 4.69) is 15.8 Å². The Morgan fingerprint density at radius 2 is 1.57 bits per heavy atom. The maximum Gasteiger partial charge on any atom is 0.252 e. The highest BCUT2D eigenvalue weighted by molar-refractivity contribution is 6.01. The fourth-order valence-electron chi connectivity index (χ4n) is 3.84. The van der Waals surface area contributed by atoms with Crippen LogP contribution in [0.15, 0.2) is 78.0 Å². The first kappa shape index (κ1) is 24.1. The molecule has 0 aliphatic carbocycles. The summed E-state index contributed by atoms with van der Waals surface area (Å²) in [5, 5.41) is 28.6. The van der Waals surface area contributed by atoms with Crippen LogP contribution >= 0.6 is 0 Å². The average molecular weight is 474 g/mol. The maximum absolute atomic E-state index is 12.5. The number of aliphatic hydroxyl groups is 2. The van der Waals surface area contributed by atoms with E-state index in [1.807, 2.05) is 48.5 Å². The van der Waals surface area contributed by atoms with Crippen LogP contribution in [0.1, 0.15) is 46.7 Å². The molecule has 1 aliphatic heterocycles. The predicted molar refractivity (Wildman–Crippen MR) is 131 cm³/mol. The van der Waals surface area contributed by atoms with E-state index in [9.17, 15) is 19.8 Å². The maximum atomic E-state index is 12.5. The normalized spacial score (nSPS) is 14.9. The smallest absolute Gasteiger partial charge is 0.252 e. The van der Waals surface area contributed by atoms with Crippen molar-refractivity contribution < 1.29 is 24.6 Å². The second kappa shape index (κ2) is 10.9. The number of carbonyl (C=O) groups is 2. The van der Waals surface area contributed by atoms with Crippen LogP contribution < -0.4 is 10.6 Å². The van der Waals surface area contributed by atoms with Gasteiger partial charge in [-0.3, -0.25) is 9.59 Å². The van der Waals surface area contributed by atoms with E-state index in [0.29, 0.717) is 19.5 Å². The van der Waals surface area contributed by atoms with Gasteiger partial charge in [0.15, 0.2) is 6.29 Å². The second-order valence-electron chi connectivity index (χ2n) is 8.32. The Kier molecular flexibility index (Phi) is 7.54. The molecule has 1 heterocycles. The summed E-state index contributed by atoms with van der Waals surface area (Å²) in [7, 11) is 0. The molecule has 4 N–H and O–H groups in total. The molecule has 0 saturated heterocycles. The molecular weight excluding hydrogens is 446 g/mol. The minimum atomic E-state index is -1.71. The van der Waals surface area contributed by atoms with Crippen LogP contribution in [0.25, 0.3) is 11.1 Å². The third kappa shape index (κ3) is 6.11. The van der Waals surface area contributed by atoms with Gasteiger partial charge in [0, 0.05) is 31.0 Å². The van der Waals surface area contributed by atoms with Crippen LogP contribution in [0, 0.1) is 0 Å². The highest BCUT2D eigenvalue weighted by Crippen LogP contribution is 2.23. The molecular formula is C27H27N3O5. The number of oxime groups is 1. The zero-order valence-corrected chi connectivity index (χ0v) is 19.3. The molecule has 0 unspecified atom stereocenters. The van der Waals surface area contributed by atoms with Gasteiger partial charge in [-0.25, -0.2) is 0 Å². The number of hydrogen-bond acceptors (Lipinski definition) is 6. The van der Waals surface area contributed by atoms with Gasteiger partial charge in [-0.2, -0.15) is 0 Å². The van der Waals surface area contributed by atoms with Gasteiger partial charge in [0.25, 0.3) is 5.91 Å². The van der Waals surface area contributed by atoms with Gasteiger partial charge in [-0.15, -0.1) is 0 Å². The van der Waals surface area contributed by atoms with Crippen molar-refractivity contribution in [1.82, 2.24) is 10.6 Å². The summed E-state index contributed by atoms with van der Waals surface area (Å²) in [6.07, 6.45) is -1.22. The Bertz CT molecular complexity index is 1220. The summed E-state index contributed by atoms with van der Waals surface area (Å²) in [5.41, 5.74) is 5.24. The lowest BCUT2D eigenvalue weighted by molar-refractivity contribution is -0.119. The molecule has 0 fully saturated rings. The van der Waals surface area contributed by atoms with E-state index in [0.717, 1.165) is 28.0 Å². The number of carbonyl (C=O) groups excluding carboxylic acids is 2. The molecule has 3 aromatic carbocycles. The molecule has 0 aromatic heterocycles. The van der Waals surface area contributed by atoms with Crippen LogP contribution in [0.3, 0.4) is 0 Å². The monoisotopic (exact) mass is 473 g/mol. The zero-order valence-electron chi connectivity index (χ0n) is 19.3. The standard InChI is InChI=1S/C27H27N3O5/c1-17(31)28-16-22-14-25(30-35-22)21-12-10-20(11-13-21)19-8-6-18(7-9-19)15-29-26(32)23-4-2-3-5-24(23)27(33)34/h2-13,22,27,33-34H,14-16H2,1H3,(H,28,31)(H,29,32)/t22-/m1/s1. The van der Waals surface area contributed by atoms with E-state index < -0.39 is 6.29 Å². The van der Waals surface area contributed by atoms with Crippen molar-refractivity contribution in [3.05, 3.63) is 95.1 Å². The summed E-state index contributed by atoms with van der Waals surface area (Å²) in [6, 6.07) is 22.3. The molecule has 0 radical (unpaired) electrons. The number of benzene rings is 3. The van der Waals surface area contributed by atoms with E-state index in [-0.39, 0.29) is 29.0 Å². The second-order valence-corrected chi connectivity index (χ2v) is 8.32. The average Bonchev–Trinajstić information content (AvgIpc) is 3.35. The number of nitrogens with one attached hydrogen (secondary N) is 2. The minimum absolute atomic E-state index is 0.0910. The van der Waals surface area contributed by atoms with Gasteiger partial charge in [0.05, 0.1) is 12.3 Å². The largest absolute Gasteiger partial charge is 0.390 e. The molecule has 4 rings (SSSR count). The van der Waals surface area contributed by atoms with Crippen LogP contribution in [-0.4, -0.2) is 40.4 Å².